The molecule has 0 bridgehead atoms. The van der Waals surface area contributed by atoms with E-state index in [9.17, 15) is 0 Å². The van der Waals surface area contributed by atoms with Crippen molar-refractivity contribution in [3.05, 3.63) is 52.7 Å². The second kappa shape index (κ2) is 5.42. The van der Waals surface area contributed by atoms with E-state index in [2.05, 4.69) is 27.5 Å². The SMILES string of the molecule is Cc1ncsc1C(C)Nc1ccccc1-n1ccnn1. The lowest BCUT2D eigenvalue weighted by molar-refractivity contribution is 0.798. The summed E-state index contributed by atoms with van der Waals surface area (Å²) in [5.41, 5.74) is 4.97. The van der Waals surface area contributed by atoms with Crippen LogP contribution in [0.15, 0.2) is 42.2 Å². The van der Waals surface area contributed by atoms with Crippen LogP contribution in [0.4, 0.5) is 5.69 Å². The second-order valence-electron chi connectivity index (χ2n) is 4.53. The molecular formula is C14H15N5S. The molecule has 6 heteroatoms. The number of aryl methyl sites for hydroxylation is 1. The van der Waals surface area contributed by atoms with Gasteiger partial charge in [0.1, 0.15) is 0 Å². The highest BCUT2D eigenvalue weighted by Gasteiger charge is 2.13. The van der Waals surface area contributed by atoms with Crippen LogP contribution in [0, 0.1) is 6.92 Å². The number of aromatic nitrogens is 4. The Morgan fingerprint density at radius 2 is 2.15 bits per heavy atom. The van der Waals surface area contributed by atoms with E-state index in [0.29, 0.717) is 0 Å². The Morgan fingerprint density at radius 3 is 2.85 bits per heavy atom. The lowest BCUT2D eigenvalue weighted by atomic mass is 10.2. The highest BCUT2D eigenvalue weighted by molar-refractivity contribution is 7.09. The van der Waals surface area contributed by atoms with Crippen LogP contribution in [0.3, 0.4) is 0 Å². The Bertz CT molecular complexity index is 689. The number of para-hydroxylation sites is 2. The molecule has 1 atom stereocenters. The monoisotopic (exact) mass is 285 g/mol. The number of anilines is 1. The minimum atomic E-state index is 0.201. The van der Waals surface area contributed by atoms with Crippen LogP contribution in [0.1, 0.15) is 23.5 Å². The zero-order valence-corrected chi connectivity index (χ0v) is 12.1. The van der Waals surface area contributed by atoms with Gasteiger partial charge in [0.15, 0.2) is 0 Å². The van der Waals surface area contributed by atoms with Crippen LogP contribution >= 0.6 is 11.3 Å². The third-order valence-corrected chi connectivity index (χ3v) is 4.24. The van der Waals surface area contributed by atoms with Gasteiger partial charge in [-0.15, -0.1) is 16.4 Å². The summed E-state index contributed by atoms with van der Waals surface area (Å²) < 4.78 is 1.76. The third kappa shape index (κ3) is 2.42. The summed E-state index contributed by atoms with van der Waals surface area (Å²) in [5, 5.41) is 11.4. The van der Waals surface area contributed by atoms with E-state index < -0.39 is 0 Å². The average Bonchev–Trinajstić information content (AvgIpc) is 3.10. The standard InChI is InChI=1S/C14H15N5S/c1-10-14(20-9-15-10)11(2)17-12-5-3-4-6-13(12)19-8-7-16-18-19/h3-9,11,17H,1-2H3. The van der Waals surface area contributed by atoms with Crippen LogP contribution in [0.25, 0.3) is 5.69 Å². The summed E-state index contributed by atoms with van der Waals surface area (Å²) in [5.74, 6) is 0. The molecule has 0 spiro atoms. The Hall–Kier alpha value is -2.21. The molecule has 3 rings (SSSR count). The maximum atomic E-state index is 4.30. The Morgan fingerprint density at radius 1 is 1.30 bits per heavy atom. The number of thiazole rings is 1. The molecule has 0 aliphatic carbocycles. The molecule has 0 aliphatic heterocycles. The molecular weight excluding hydrogens is 270 g/mol. The molecule has 0 amide bonds. The molecule has 5 nitrogen and oxygen atoms in total. The van der Waals surface area contributed by atoms with E-state index in [1.165, 1.54) is 4.88 Å². The van der Waals surface area contributed by atoms with Gasteiger partial charge >= 0.3 is 0 Å². The molecule has 0 saturated carbocycles. The molecule has 1 unspecified atom stereocenters. The van der Waals surface area contributed by atoms with Gasteiger partial charge in [-0.05, 0) is 26.0 Å². The summed E-state index contributed by atoms with van der Waals surface area (Å²) in [4.78, 5) is 5.55. The Labute approximate surface area is 121 Å². The van der Waals surface area contributed by atoms with Crippen molar-refractivity contribution >= 4 is 17.0 Å². The van der Waals surface area contributed by atoms with Gasteiger partial charge < -0.3 is 5.32 Å². The van der Waals surface area contributed by atoms with Crippen LogP contribution in [0.5, 0.6) is 0 Å². The van der Waals surface area contributed by atoms with E-state index in [1.807, 2.05) is 42.9 Å². The quantitative estimate of drug-likeness (QED) is 0.799. The molecule has 20 heavy (non-hydrogen) atoms. The molecule has 1 aromatic carbocycles. The number of hydrogen-bond acceptors (Lipinski definition) is 5. The molecule has 2 heterocycles. The first-order valence-corrected chi connectivity index (χ1v) is 7.26. The van der Waals surface area contributed by atoms with E-state index in [4.69, 9.17) is 0 Å². The average molecular weight is 285 g/mol. The van der Waals surface area contributed by atoms with Crippen LogP contribution < -0.4 is 5.32 Å². The number of nitrogens with zero attached hydrogens (tertiary/aromatic N) is 4. The fourth-order valence-corrected chi connectivity index (χ4v) is 2.97. The van der Waals surface area contributed by atoms with Crippen LogP contribution in [0.2, 0.25) is 0 Å². The predicted octanol–water partition coefficient (Wildman–Crippen LogP) is 3.21. The molecule has 102 valence electrons. The largest absolute Gasteiger partial charge is 0.376 e. The van der Waals surface area contributed by atoms with E-state index in [0.717, 1.165) is 17.1 Å². The van der Waals surface area contributed by atoms with Gasteiger partial charge in [-0.2, -0.15) is 0 Å². The molecule has 1 N–H and O–H groups in total. The second-order valence-corrected chi connectivity index (χ2v) is 5.42. The topological polar surface area (TPSA) is 55.6 Å². The molecule has 2 aromatic heterocycles. The van der Waals surface area contributed by atoms with E-state index >= 15 is 0 Å². The van der Waals surface area contributed by atoms with Gasteiger partial charge in [-0.25, -0.2) is 9.67 Å². The van der Waals surface area contributed by atoms with E-state index in [1.54, 1.807) is 22.2 Å². The van der Waals surface area contributed by atoms with E-state index in [-0.39, 0.29) is 6.04 Å². The van der Waals surface area contributed by atoms with Crippen molar-refractivity contribution in [1.29, 1.82) is 0 Å². The Kier molecular flexibility index (Phi) is 3.47. The van der Waals surface area contributed by atoms with Gasteiger partial charge in [0.25, 0.3) is 0 Å². The van der Waals surface area contributed by atoms with Crippen molar-refractivity contribution in [3.8, 4) is 5.69 Å². The van der Waals surface area contributed by atoms with Crippen molar-refractivity contribution in [3.63, 3.8) is 0 Å². The maximum Gasteiger partial charge on any atom is 0.0894 e. The summed E-state index contributed by atoms with van der Waals surface area (Å²) in [7, 11) is 0. The lowest BCUT2D eigenvalue weighted by Gasteiger charge is -2.17. The summed E-state index contributed by atoms with van der Waals surface area (Å²) >= 11 is 1.67. The zero-order valence-electron chi connectivity index (χ0n) is 11.3. The minimum Gasteiger partial charge on any atom is -0.376 e. The van der Waals surface area contributed by atoms with Gasteiger partial charge in [-0.1, -0.05) is 17.3 Å². The maximum absolute atomic E-state index is 4.30. The highest BCUT2D eigenvalue weighted by atomic mass is 32.1. The van der Waals surface area contributed by atoms with Gasteiger partial charge in [0, 0.05) is 4.88 Å². The van der Waals surface area contributed by atoms with Crippen LogP contribution in [-0.2, 0) is 0 Å². The molecule has 0 fully saturated rings. The first-order valence-electron chi connectivity index (χ1n) is 6.38. The van der Waals surface area contributed by atoms with Crippen molar-refractivity contribution in [2.24, 2.45) is 0 Å². The normalized spacial score (nSPS) is 12.3. The molecule has 0 radical (unpaired) electrons. The predicted molar refractivity (Wildman–Crippen MR) is 80.2 cm³/mol. The molecule has 0 saturated heterocycles. The highest BCUT2D eigenvalue weighted by Crippen LogP contribution is 2.27. The van der Waals surface area contributed by atoms with Crippen LogP contribution in [-0.4, -0.2) is 20.0 Å². The van der Waals surface area contributed by atoms with Crippen molar-refractivity contribution in [2.45, 2.75) is 19.9 Å². The fourth-order valence-electron chi connectivity index (χ4n) is 2.16. The fraction of sp³-hybridized carbons (Fsp3) is 0.214. The first kappa shape index (κ1) is 12.8. The summed E-state index contributed by atoms with van der Waals surface area (Å²) in [6.07, 6.45) is 3.51. The summed E-state index contributed by atoms with van der Waals surface area (Å²) in [6, 6.07) is 8.26. The van der Waals surface area contributed by atoms with Crippen molar-refractivity contribution < 1.29 is 0 Å². The molecule has 3 aromatic rings. The van der Waals surface area contributed by atoms with Crippen molar-refractivity contribution in [1.82, 2.24) is 20.0 Å². The Balaban J connectivity index is 1.90. The van der Waals surface area contributed by atoms with Crippen molar-refractivity contribution in [2.75, 3.05) is 5.32 Å². The number of benzene rings is 1. The lowest BCUT2D eigenvalue weighted by Crippen LogP contribution is -2.09. The number of hydrogen-bond donors (Lipinski definition) is 1. The number of rotatable bonds is 4. The molecule has 0 aliphatic rings. The van der Waals surface area contributed by atoms with Gasteiger partial charge in [-0.3, -0.25) is 0 Å². The third-order valence-electron chi connectivity index (χ3n) is 3.12. The smallest absolute Gasteiger partial charge is 0.0894 e. The minimum absolute atomic E-state index is 0.201. The van der Waals surface area contributed by atoms with Gasteiger partial charge in [0.2, 0.25) is 0 Å². The zero-order chi connectivity index (χ0) is 13.9. The number of nitrogens with one attached hydrogen (secondary N) is 1. The van der Waals surface area contributed by atoms with Gasteiger partial charge in [0.05, 0.1) is 41.0 Å². The summed E-state index contributed by atoms with van der Waals surface area (Å²) in [6.45, 7) is 4.17. The first-order chi connectivity index (χ1) is 9.75.